The second-order valence-electron chi connectivity index (χ2n) is 16.1. The summed E-state index contributed by atoms with van der Waals surface area (Å²) in [6.07, 6.45) is 9.34. The Hall–Kier alpha value is -0.240. The number of aliphatic hydroxyl groups excluding tert-OH is 4. The van der Waals surface area contributed by atoms with E-state index in [4.69, 9.17) is 9.47 Å². The molecule has 0 radical (unpaired) electrons. The molecule has 0 bridgehead atoms. The van der Waals surface area contributed by atoms with Crippen LogP contribution in [0.5, 0.6) is 0 Å². The average Bonchev–Trinajstić information content (AvgIpc) is 3.30. The Balaban J connectivity index is 1.20. The fraction of sp³-hybridized carbons (Fsp3) is 1.00. The van der Waals surface area contributed by atoms with Crippen LogP contribution in [0.2, 0.25) is 0 Å². The minimum Gasteiger partial charge on any atom is -0.394 e. The minimum absolute atomic E-state index is 0.0330. The zero-order valence-electron chi connectivity index (χ0n) is 26.9. The van der Waals surface area contributed by atoms with Gasteiger partial charge in [0, 0.05) is 0 Å². The van der Waals surface area contributed by atoms with Crippen LogP contribution < -0.4 is 0 Å². The second-order valence-corrected chi connectivity index (χ2v) is 16.1. The molecule has 5 fully saturated rings. The molecule has 41 heavy (non-hydrogen) atoms. The molecule has 15 atom stereocenters. The van der Waals surface area contributed by atoms with Gasteiger partial charge in [0.05, 0.1) is 12.7 Å². The first-order valence-corrected chi connectivity index (χ1v) is 17.4. The van der Waals surface area contributed by atoms with Crippen molar-refractivity contribution in [3.63, 3.8) is 0 Å². The molecule has 238 valence electrons. The van der Waals surface area contributed by atoms with Crippen molar-refractivity contribution < 1.29 is 29.9 Å². The summed E-state index contributed by atoms with van der Waals surface area (Å²) in [7, 11) is 0. The molecule has 0 spiro atoms. The van der Waals surface area contributed by atoms with Crippen LogP contribution >= 0.6 is 0 Å². The Morgan fingerprint density at radius 3 is 2.22 bits per heavy atom. The molecule has 1 aliphatic heterocycles. The Bertz CT molecular complexity index is 864. The molecule has 4 aliphatic carbocycles. The van der Waals surface area contributed by atoms with E-state index in [9.17, 15) is 20.4 Å². The standard InChI is InChI=1S/C35H62O6/c1-7-22(20(2)3)9-8-21(4)26-12-13-27-25-11-10-23-18-24(14-16-34(23,5)28(25)15-17-35(26,27)6)40-33-32(39)31(38)30(37)29(19-36)41-33/h20-33,36-39H,7-19H2,1-6H3/t21-,22-,23-,24+,25+,26-,27+,28+,29+,30-,31+,32+,33-,34+,35-/m1/s1. The predicted molar refractivity (Wildman–Crippen MR) is 161 cm³/mol. The van der Waals surface area contributed by atoms with Crippen LogP contribution in [0.25, 0.3) is 0 Å². The van der Waals surface area contributed by atoms with Gasteiger partial charge in [-0.1, -0.05) is 54.4 Å². The van der Waals surface area contributed by atoms with Gasteiger partial charge in [-0.15, -0.1) is 0 Å². The van der Waals surface area contributed by atoms with Crippen LogP contribution in [0.3, 0.4) is 0 Å². The number of hydrogen-bond acceptors (Lipinski definition) is 6. The first kappa shape index (κ1) is 32.2. The largest absolute Gasteiger partial charge is 0.394 e. The molecule has 4 N–H and O–H groups in total. The summed E-state index contributed by atoms with van der Waals surface area (Å²) in [5.74, 6) is 6.51. The normalized spacial score (nSPS) is 49.7. The van der Waals surface area contributed by atoms with E-state index in [1.807, 2.05) is 0 Å². The van der Waals surface area contributed by atoms with Crippen molar-refractivity contribution in [3.05, 3.63) is 0 Å². The van der Waals surface area contributed by atoms with Crippen molar-refractivity contribution in [2.24, 2.45) is 58.2 Å². The number of fused-ring (bicyclic) bond motifs is 5. The topological polar surface area (TPSA) is 99.4 Å². The highest BCUT2D eigenvalue weighted by molar-refractivity contribution is 5.10. The number of rotatable bonds is 9. The van der Waals surface area contributed by atoms with E-state index in [1.165, 1.54) is 57.8 Å². The van der Waals surface area contributed by atoms with Gasteiger partial charge in [0.25, 0.3) is 0 Å². The van der Waals surface area contributed by atoms with Gasteiger partial charge in [0.2, 0.25) is 0 Å². The molecule has 6 heteroatoms. The van der Waals surface area contributed by atoms with Crippen molar-refractivity contribution >= 4 is 0 Å². The smallest absolute Gasteiger partial charge is 0.186 e. The molecule has 0 unspecified atom stereocenters. The van der Waals surface area contributed by atoms with Gasteiger partial charge >= 0.3 is 0 Å². The lowest BCUT2D eigenvalue weighted by atomic mass is 9.44. The highest BCUT2D eigenvalue weighted by Crippen LogP contribution is 2.68. The zero-order chi connectivity index (χ0) is 29.7. The summed E-state index contributed by atoms with van der Waals surface area (Å²) >= 11 is 0. The summed E-state index contributed by atoms with van der Waals surface area (Å²) in [6, 6.07) is 0. The molecule has 0 amide bonds. The van der Waals surface area contributed by atoms with Gasteiger partial charge in [-0.05, 0) is 122 Å². The predicted octanol–water partition coefficient (Wildman–Crippen LogP) is 5.93. The lowest BCUT2D eigenvalue weighted by Gasteiger charge is -2.61. The molecule has 6 nitrogen and oxygen atoms in total. The molecule has 5 aliphatic rings. The van der Waals surface area contributed by atoms with Crippen LogP contribution in [0.4, 0.5) is 0 Å². The van der Waals surface area contributed by atoms with E-state index < -0.39 is 37.3 Å². The fourth-order valence-corrected chi connectivity index (χ4v) is 11.4. The molecule has 0 aromatic rings. The van der Waals surface area contributed by atoms with E-state index in [2.05, 4.69) is 41.5 Å². The Kier molecular flexibility index (Phi) is 9.91. The molecule has 1 saturated heterocycles. The van der Waals surface area contributed by atoms with Gasteiger partial charge in [0.15, 0.2) is 6.29 Å². The number of hydrogen-bond donors (Lipinski definition) is 4. The van der Waals surface area contributed by atoms with Crippen molar-refractivity contribution in [2.75, 3.05) is 6.61 Å². The highest BCUT2D eigenvalue weighted by Gasteiger charge is 2.61. The third-order valence-electron chi connectivity index (χ3n) is 14.0. The van der Waals surface area contributed by atoms with E-state index in [-0.39, 0.29) is 6.10 Å². The van der Waals surface area contributed by atoms with Gasteiger partial charge in [-0.25, -0.2) is 0 Å². The zero-order valence-corrected chi connectivity index (χ0v) is 26.9. The van der Waals surface area contributed by atoms with Crippen molar-refractivity contribution in [3.8, 4) is 0 Å². The Morgan fingerprint density at radius 2 is 1.54 bits per heavy atom. The number of aliphatic hydroxyl groups is 4. The SMILES string of the molecule is CC[C@H](CC[C@@H](C)[C@H]1CC[C@H]2[C@@H]3CC[C@@H]4C[C@@H](O[C@@H]5O[C@@H](CO)[C@@H](O)[C@H](O)[C@@H]5O)CC[C@]4(C)[C@H]3CC[C@]12C)C(C)C. The molecule has 5 rings (SSSR count). The molecule has 1 heterocycles. The van der Waals surface area contributed by atoms with E-state index in [0.29, 0.717) is 16.7 Å². The maximum atomic E-state index is 10.5. The van der Waals surface area contributed by atoms with Crippen LogP contribution in [0.15, 0.2) is 0 Å². The van der Waals surface area contributed by atoms with Gasteiger partial charge in [0.1, 0.15) is 24.4 Å². The van der Waals surface area contributed by atoms with E-state index >= 15 is 0 Å². The monoisotopic (exact) mass is 578 g/mol. The van der Waals surface area contributed by atoms with Crippen LogP contribution in [0, 0.1) is 58.2 Å². The molecular weight excluding hydrogens is 516 g/mol. The molecule has 0 aromatic carbocycles. The lowest BCUT2D eigenvalue weighted by Crippen LogP contribution is -2.60. The highest BCUT2D eigenvalue weighted by atomic mass is 16.7. The quantitative estimate of drug-likeness (QED) is 0.253. The van der Waals surface area contributed by atoms with Crippen molar-refractivity contribution in [1.29, 1.82) is 0 Å². The fourth-order valence-electron chi connectivity index (χ4n) is 11.4. The summed E-state index contributed by atoms with van der Waals surface area (Å²) in [6.45, 7) is 14.6. The number of ether oxygens (including phenoxy) is 2. The van der Waals surface area contributed by atoms with Crippen LogP contribution in [-0.4, -0.2) is 63.8 Å². The Morgan fingerprint density at radius 1 is 0.829 bits per heavy atom. The van der Waals surface area contributed by atoms with Gasteiger partial charge in [-0.2, -0.15) is 0 Å². The summed E-state index contributed by atoms with van der Waals surface area (Å²) in [5.41, 5.74) is 0.849. The Labute approximate surface area is 250 Å². The summed E-state index contributed by atoms with van der Waals surface area (Å²) in [5, 5.41) is 40.4. The van der Waals surface area contributed by atoms with Gasteiger partial charge in [-0.3, -0.25) is 0 Å². The average molecular weight is 579 g/mol. The maximum absolute atomic E-state index is 10.5. The van der Waals surface area contributed by atoms with Crippen molar-refractivity contribution in [1.82, 2.24) is 0 Å². The molecule has 0 aromatic heterocycles. The van der Waals surface area contributed by atoms with Crippen LogP contribution in [-0.2, 0) is 9.47 Å². The minimum atomic E-state index is -1.38. The van der Waals surface area contributed by atoms with E-state index in [1.54, 1.807) is 0 Å². The van der Waals surface area contributed by atoms with E-state index in [0.717, 1.165) is 60.7 Å². The van der Waals surface area contributed by atoms with Gasteiger partial charge < -0.3 is 29.9 Å². The first-order valence-electron chi connectivity index (χ1n) is 17.4. The molecular formula is C35H62O6. The molecule has 4 saturated carbocycles. The summed E-state index contributed by atoms with van der Waals surface area (Å²) in [4.78, 5) is 0. The van der Waals surface area contributed by atoms with Crippen LogP contribution in [0.1, 0.15) is 119 Å². The first-order chi connectivity index (χ1) is 19.4. The lowest BCUT2D eigenvalue weighted by molar-refractivity contribution is -0.316. The maximum Gasteiger partial charge on any atom is 0.186 e. The third-order valence-corrected chi connectivity index (χ3v) is 14.0. The summed E-state index contributed by atoms with van der Waals surface area (Å²) < 4.78 is 11.9. The second kappa shape index (κ2) is 12.6. The van der Waals surface area contributed by atoms with Crippen molar-refractivity contribution in [2.45, 2.75) is 155 Å². The third kappa shape index (κ3) is 5.81.